The molecule has 0 spiro atoms. The van der Waals surface area contributed by atoms with Gasteiger partial charge in [-0.25, -0.2) is 0 Å². The molecule has 0 aromatic heterocycles. The topological polar surface area (TPSA) is 55.8 Å². The molecule has 0 atom stereocenters. The molecule has 0 saturated carbocycles. The van der Waals surface area contributed by atoms with E-state index in [4.69, 9.17) is 14.6 Å². The van der Waals surface area contributed by atoms with Crippen LogP contribution in [0.1, 0.15) is 34.3 Å². The van der Waals surface area contributed by atoms with E-state index in [1.807, 2.05) is 60.7 Å². The molecule has 3 aromatic rings. The third-order valence-electron chi connectivity index (χ3n) is 4.30. The first kappa shape index (κ1) is 19.6. The number of ketones is 1. The number of Topliss-reactive ketones (excluding diaryl/α,β-unsaturated/α-hetero) is 1. The normalized spacial score (nSPS) is 10.5. The smallest absolute Gasteiger partial charge is 0.163 e. The van der Waals surface area contributed by atoms with E-state index in [9.17, 15) is 4.79 Å². The molecule has 144 valence electrons. The van der Waals surface area contributed by atoms with E-state index in [1.165, 1.54) is 0 Å². The van der Waals surface area contributed by atoms with Crippen molar-refractivity contribution in [3.63, 3.8) is 0 Å². The zero-order valence-corrected chi connectivity index (χ0v) is 15.7. The Labute approximate surface area is 165 Å². The Kier molecular flexibility index (Phi) is 7.21. The standard InChI is InChI=1S/C24H24O4/c25-15-7-12-22(26)21-13-14-23(27-17-19-8-3-1-4-9-19)24(16-21)28-18-20-10-5-2-6-11-20/h1-6,8-11,13-14,16,25H,7,12,15,17-18H2. The van der Waals surface area contributed by atoms with Crippen LogP contribution in [0.2, 0.25) is 0 Å². The fourth-order valence-corrected chi connectivity index (χ4v) is 2.77. The van der Waals surface area contributed by atoms with E-state index in [0.29, 0.717) is 43.1 Å². The van der Waals surface area contributed by atoms with Crippen molar-refractivity contribution in [1.82, 2.24) is 0 Å². The van der Waals surface area contributed by atoms with Crippen LogP contribution in [0.5, 0.6) is 11.5 Å². The van der Waals surface area contributed by atoms with E-state index in [0.717, 1.165) is 11.1 Å². The first-order valence-electron chi connectivity index (χ1n) is 9.38. The molecule has 0 amide bonds. The summed E-state index contributed by atoms with van der Waals surface area (Å²) in [6, 6.07) is 25.0. The van der Waals surface area contributed by atoms with Gasteiger partial charge in [-0.3, -0.25) is 4.79 Å². The molecule has 4 heteroatoms. The predicted molar refractivity (Wildman–Crippen MR) is 109 cm³/mol. The molecule has 0 fully saturated rings. The number of ether oxygens (including phenoxy) is 2. The van der Waals surface area contributed by atoms with Crippen molar-refractivity contribution < 1.29 is 19.4 Å². The minimum atomic E-state index is -0.0202. The van der Waals surface area contributed by atoms with Crippen molar-refractivity contribution in [3.8, 4) is 11.5 Å². The summed E-state index contributed by atoms with van der Waals surface area (Å²) < 4.78 is 11.9. The molecule has 0 aliphatic rings. The Morgan fingerprint density at radius 1 is 0.750 bits per heavy atom. The van der Waals surface area contributed by atoms with E-state index < -0.39 is 0 Å². The Hall–Kier alpha value is -3.11. The molecule has 0 saturated heterocycles. The highest BCUT2D eigenvalue weighted by Crippen LogP contribution is 2.30. The first-order valence-corrected chi connectivity index (χ1v) is 9.38. The van der Waals surface area contributed by atoms with Crippen LogP contribution >= 0.6 is 0 Å². The average Bonchev–Trinajstić information content (AvgIpc) is 2.76. The number of carbonyl (C=O) groups excluding carboxylic acids is 1. The Bertz CT molecular complexity index is 876. The molecule has 0 aliphatic heterocycles. The van der Waals surface area contributed by atoms with Crippen LogP contribution in [0.3, 0.4) is 0 Å². The third-order valence-corrected chi connectivity index (χ3v) is 4.30. The second-order valence-electron chi connectivity index (χ2n) is 6.46. The average molecular weight is 376 g/mol. The van der Waals surface area contributed by atoms with Gasteiger partial charge in [0.2, 0.25) is 0 Å². The number of rotatable bonds is 10. The van der Waals surface area contributed by atoms with Crippen molar-refractivity contribution in [1.29, 1.82) is 0 Å². The molecule has 1 N–H and O–H groups in total. The summed E-state index contributed by atoms with van der Waals surface area (Å²) in [5.74, 6) is 1.11. The maximum Gasteiger partial charge on any atom is 0.163 e. The largest absolute Gasteiger partial charge is 0.485 e. The molecule has 28 heavy (non-hydrogen) atoms. The van der Waals surface area contributed by atoms with Gasteiger partial charge in [0.15, 0.2) is 17.3 Å². The SMILES string of the molecule is O=C(CCCO)c1ccc(OCc2ccccc2)c(OCc2ccccc2)c1. The Morgan fingerprint density at radius 2 is 1.32 bits per heavy atom. The number of aliphatic hydroxyl groups excluding tert-OH is 1. The highest BCUT2D eigenvalue weighted by molar-refractivity contribution is 5.96. The van der Waals surface area contributed by atoms with E-state index in [1.54, 1.807) is 18.2 Å². The van der Waals surface area contributed by atoms with Crippen LogP contribution in [0.25, 0.3) is 0 Å². The van der Waals surface area contributed by atoms with Crippen LogP contribution in [0.15, 0.2) is 78.9 Å². The monoisotopic (exact) mass is 376 g/mol. The number of hydrogen-bond acceptors (Lipinski definition) is 4. The van der Waals surface area contributed by atoms with Crippen molar-refractivity contribution in [2.24, 2.45) is 0 Å². The second-order valence-corrected chi connectivity index (χ2v) is 6.46. The fourth-order valence-electron chi connectivity index (χ4n) is 2.77. The van der Waals surface area contributed by atoms with Crippen molar-refractivity contribution >= 4 is 5.78 Å². The zero-order valence-electron chi connectivity index (χ0n) is 15.7. The first-order chi connectivity index (χ1) is 13.8. The molecule has 4 nitrogen and oxygen atoms in total. The molecule has 0 heterocycles. The van der Waals surface area contributed by atoms with Gasteiger partial charge >= 0.3 is 0 Å². The quantitative estimate of drug-likeness (QED) is 0.517. The molecule has 3 rings (SSSR count). The van der Waals surface area contributed by atoms with Gasteiger partial charge < -0.3 is 14.6 Å². The molecule has 0 aliphatic carbocycles. The molecule has 0 radical (unpaired) electrons. The van der Waals surface area contributed by atoms with Gasteiger partial charge in [-0.05, 0) is 35.7 Å². The summed E-state index contributed by atoms with van der Waals surface area (Å²) in [6.45, 7) is 0.804. The van der Waals surface area contributed by atoms with E-state index in [2.05, 4.69) is 0 Å². The number of hydrogen-bond donors (Lipinski definition) is 1. The third kappa shape index (κ3) is 5.69. The lowest BCUT2D eigenvalue weighted by Crippen LogP contribution is -2.04. The molecular formula is C24H24O4. The van der Waals surface area contributed by atoms with Gasteiger partial charge in [0, 0.05) is 18.6 Å². The van der Waals surface area contributed by atoms with Crippen molar-refractivity contribution in [2.75, 3.05) is 6.61 Å². The number of aliphatic hydroxyl groups is 1. The van der Waals surface area contributed by atoms with Gasteiger partial charge in [0.05, 0.1) is 0 Å². The van der Waals surface area contributed by atoms with Gasteiger partial charge in [-0.2, -0.15) is 0 Å². The molecule has 0 unspecified atom stereocenters. The van der Waals surface area contributed by atoms with Gasteiger partial charge in [-0.15, -0.1) is 0 Å². The molecular weight excluding hydrogens is 352 g/mol. The van der Waals surface area contributed by atoms with E-state index in [-0.39, 0.29) is 12.4 Å². The minimum Gasteiger partial charge on any atom is -0.485 e. The maximum absolute atomic E-state index is 12.3. The lowest BCUT2D eigenvalue weighted by atomic mass is 10.1. The lowest BCUT2D eigenvalue weighted by molar-refractivity contribution is 0.0970. The highest BCUT2D eigenvalue weighted by atomic mass is 16.5. The number of benzene rings is 3. The fraction of sp³-hybridized carbons (Fsp3) is 0.208. The summed E-state index contributed by atoms with van der Waals surface area (Å²) >= 11 is 0. The summed E-state index contributed by atoms with van der Waals surface area (Å²) in [7, 11) is 0. The summed E-state index contributed by atoms with van der Waals surface area (Å²) in [6.07, 6.45) is 0.754. The van der Waals surface area contributed by atoms with E-state index >= 15 is 0 Å². The number of carbonyl (C=O) groups is 1. The maximum atomic E-state index is 12.3. The summed E-state index contributed by atoms with van der Waals surface area (Å²) in [5.41, 5.74) is 2.65. The Morgan fingerprint density at radius 3 is 1.89 bits per heavy atom. The van der Waals surface area contributed by atoms with Crippen molar-refractivity contribution in [3.05, 3.63) is 95.6 Å². The zero-order chi connectivity index (χ0) is 19.6. The van der Waals surface area contributed by atoms with Gasteiger partial charge in [-0.1, -0.05) is 60.7 Å². The summed E-state index contributed by atoms with van der Waals surface area (Å²) in [5, 5.41) is 8.95. The van der Waals surface area contributed by atoms with Crippen LogP contribution in [-0.2, 0) is 13.2 Å². The Balaban J connectivity index is 1.77. The second kappa shape index (κ2) is 10.3. The van der Waals surface area contributed by atoms with Crippen LogP contribution in [0, 0.1) is 0 Å². The lowest BCUT2D eigenvalue weighted by Gasteiger charge is -2.14. The predicted octanol–water partition coefficient (Wildman–Crippen LogP) is 4.80. The van der Waals surface area contributed by atoms with Gasteiger partial charge in [0.1, 0.15) is 13.2 Å². The summed E-state index contributed by atoms with van der Waals surface area (Å²) in [4.78, 5) is 12.3. The van der Waals surface area contributed by atoms with Crippen LogP contribution in [0.4, 0.5) is 0 Å². The van der Waals surface area contributed by atoms with Crippen LogP contribution < -0.4 is 9.47 Å². The van der Waals surface area contributed by atoms with Crippen LogP contribution in [-0.4, -0.2) is 17.5 Å². The molecule has 3 aromatic carbocycles. The highest BCUT2D eigenvalue weighted by Gasteiger charge is 2.12. The minimum absolute atomic E-state index is 0.00136. The van der Waals surface area contributed by atoms with Crippen molar-refractivity contribution in [2.45, 2.75) is 26.1 Å². The molecule has 0 bridgehead atoms. The van der Waals surface area contributed by atoms with Gasteiger partial charge in [0.25, 0.3) is 0 Å².